The summed E-state index contributed by atoms with van der Waals surface area (Å²) < 4.78 is 10.4. The third-order valence-corrected chi connectivity index (χ3v) is 4.08. The number of para-hydroxylation sites is 1. The number of carbonyl (C=O) groups is 1. The van der Waals surface area contributed by atoms with E-state index in [1.165, 1.54) is 7.11 Å². The number of hydrogen-bond acceptors (Lipinski definition) is 4. The van der Waals surface area contributed by atoms with Crippen LogP contribution >= 0.6 is 11.8 Å². The maximum absolute atomic E-state index is 11.2. The molecular formula is C16H16O4S. The molecule has 0 atom stereocenters. The largest absolute Gasteiger partial charge is 0.496 e. The SMILES string of the molecule is COc1ccccc1SCc1ccc(OC)c(C(=O)O)c1. The lowest BCUT2D eigenvalue weighted by Crippen LogP contribution is -2.01. The molecule has 110 valence electrons. The van der Waals surface area contributed by atoms with Crippen LogP contribution < -0.4 is 9.47 Å². The van der Waals surface area contributed by atoms with Crippen LogP contribution in [0.3, 0.4) is 0 Å². The van der Waals surface area contributed by atoms with Gasteiger partial charge in [0.05, 0.1) is 14.2 Å². The molecular weight excluding hydrogens is 288 g/mol. The third kappa shape index (κ3) is 3.70. The monoisotopic (exact) mass is 304 g/mol. The molecule has 21 heavy (non-hydrogen) atoms. The fourth-order valence-corrected chi connectivity index (χ4v) is 2.88. The number of ether oxygens (including phenoxy) is 2. The number of hydrogen-bond donors (Lipinski definition) is 1. The van der Waals surface area contributed by atoms with Gasteiger partial charge >= 0.3 is 5.97 Å². The normalized spacial score (nSPS) is 10.2. The van der Waals surface area contributed by atoms with Gasteiger partial charge in [-0.05, 0) is 29.8 Å². The molecule has 0 aliphatic heterocycles. The lowest BCUT2D eigenvalue weighted by Gasteiger charge is -2.09. The Balaban J connectivity index is 2.17. The van der Waals surface area contributed by atoms with E-state index in [0.717, 1.165) is 16.2 Å². The van der Waals surface area contributed by atoms with Gasteiger partial charge in [-0.1, -0.05) is 18.2 Å². The molecule has 0 radical (unpaired) electrons. The van der Waals surface area contributed by atoms with Crippen molar-refractivity contribution in [3.05, 3.63) is 53.6 Å². The van der Waals surface area contributed by atoms with E-state index in [0.29, 0.717) is 11.5 Å². The molecule has 2 aromatic rings. The molecule has 2 aromatic carbocycles. The van der Waals surface area contributed by atoms with Crippen LogP contribution in [0.2, 0.25) is 0 Å². The maximum Gasteiger partial charge on any atom is 0.339 e. The van der Waals surface area contributed by atoms with Gasteiger partial charge in [-0.15, -0.1) is 11.8 Å². The minimum absolute atomic E-state index is 0.177. The highest BCUT2D eigenvalue weighted by Gasteiger charge is 2.12. The number of benzene rings is 2. The second-order valence-corrected chi connectivity index (χ2v) is 5.30. The van der Waals surface area contributed by atoms with Crippen molar-refractivity contribution in [1.82, 2.24) is 0 Å². The second-order valence-electron chi connectivity index (χ2n) is 4.28. The highest BCUT2D eigenvalue weighted by Crippen LogP contribution is 2.32. The van der Waals surface area contributed by atoms with Gasteiger partial charge in [0.1, 0.15) is 17.1 Å². The van der Waals surface area contributed by atoms with Crippen LogP contribution in [0.25, 0.3) is 0 Å². The van der Waals surface area contributed by atoms with E-state index in [2.05, 4.69) is 0 Å². The molecule has 0 aliphatic carbocycles. The van der Waals surface area contributed by atoms with Gasteiger partial charge < -0.3 is 14.6 Å². The van der Waals surface area contributed by atoms with Gasteiger partial charge in [-0.25, -0.2) is 4.79 Å². The van der Waals surface area contributed by atoms with Crippen LogP contribution in [0.4, 0.5) is 0 Å². The fourth-order valence-electron chi connectivity index (χ4n) is 1.91. The molecule has 2 rings (SSSR count). The Morgan fingerprint density at radius 1 is 1.10 bits per heavy atom. The van der Waals surface area contributed by atoms with Crippen molar-refractivity contribution in [2.75, 3.05) is 14.2 Å². The third-order valence-electron chi connectivity index (χ3n) is 2.96. The predicted molar refractivity (Wildman–Crippen MR) is 82.5 cm³/mol. The molecule has 0 amide bonds. The fraction of sp³-hybridized carbons (Fsp3) is 0.188. The Hall–Kier alpha value is -2.14. The summed E-state index contributed by atoms with van der Waals surface area (Å²) in [4.78, 5) is 12.2. The minimum Gasteiger partial charge on any atom is -0.496 e. The first-order valence-corrected chi connectivity index (χ1v) is 7.30. The summed E-state index contributed by atoms with van der Waals surface area (Å²) in [5.41, 5.74) is 1.10. The average Bonchev–Trinajstić information content (AvgIpc) is 2.52. The topological polar surface area (TPSA) is 55.8 Å². The van der Waals surface area contributed by atoms with Gasteiger partial charge in [0.15, 0.2) is 0 Å². The van der Waals surface area contributed by atoms with Gasteiger partial charge in [-0.2, -0.15) is 0 Å². The van der Waals surface area contributed by atoms with Crippen LogP contribution in [0.5, 0.6) is 11.5 Å². The van der Waals surface area contributed by atoms with Crippen molar-refractivity contribution < 1.29 is 19.4 Å². The Labute approximate surface area is 127 Å². The van der Waals surface area contributed by atoms with Gasteiger partial charge in [0.2, 0.25) is 0 Å². The molecule has 1 N–H and O–H groups in total. The van der Waals surface area contributed by atoms with E-state index in [-0.39, 0.29) is 5.56 Å². The quantitative estimate of drug-likeness (QED) is 0.825. The lowest BCUT2D eigenvalue weighted by molar-refractivity contribution is 0.0693. The van der Waals surface area contributed by atoms with Gasteiger partial charge in [-0.3, -0.25) is 0 Å². The minimum atomic E-state index is -0.990. The number of carboxylic acids is 1. The summed E-state index contributed by atoms with van der Waals surface area (Å²) in [6.07, 6.45) is 0. The van der Waals surface area contributed by atoms with Crippen LogP contribution in [0.1, 0.15) is 15.9 Å². The van der Waals surface area contributed by atoms with E-state index >= 15 is 0 Å². The Bertz CT molecular complexity index is 640. The van der Waals surface area contributed by atoms with Crippen LogP contribution in [-0.2, 0) is 5.75 Å². The van der Waals surface area contributed by atoms with Crippen molar-refractivity contribution in [1.29, 1.82) is 0 Å². The summed E-state index contributed by atoms with van der Waals surface area (Å²) in [7, 11) is 3.10. The molecule has 0 bridgehead atoms. The van der Waals surface area contributed by atoms with Crippen molar-refractivity contribution >= 4 is 17.7 Å². The zero-order chi connectivity index (χ0) is 15.2. The summed E-state index contributed by atoms with van der Waals surface area (Å²) in [5, 5.41) is 9.18. The lowest BCUT2D eigenvalue weighted by atomic mass is 10.1. The summed E-state index contributed by atoms with van der Waals surface area (Å²) in [6.45, 7) is 0. The molecule has 0 fully saturated rings. The summed E-state index contributed by atoms with van der Waals surface area (Å²) in [6, 6.07) is 12.9. The highest BCUT2D eigenvalue weighted by molar-refractivity contribution is 7.98. The molecule has 0 heterocycles. The Morgan fingerprint density at radius 3 is 2.48 bits per heavy atom. The van der Waals surface area contributed by atoms with E-state index < -0.39 is 5.97 Å². The first-order chi connectivity index (χ1) is 10.2. The van der Waals surface area contributed by atoms with E-state index in [9.17, 15) is 9.90 Å². The van der Waals surface area contributed by atoms with Crippen LogP contribution in [0.15, 0.2) is 47.4 Å². The molecule has 0 spiro atoms. The first-order valence-electron chi connectivity index (χ1n) is 6.31. The Kier molecular flexibility index (Phi) is 5.11. The van der Waals surface area contributed by atoms with Crippen molar-refractivity contribution in [2.45, 2.75) is 10.6 Å². The molecule has 0 aliphatic rings. The Morgan fingerprint density at radius 2 is 1.81 bits per heavy atom. The van der Waals surface area contributed by atoms with Crippen LogP contribution in [-0.4, -0.2) is 25.3 Å². The second kappa shape index (κ2) is 7.04. The maximum atomic E-state index is 11.2. The smallest absolute Gasteiger partial charge is 0.339 e. The first kappa shape index (κ1) is 15.3. The van der Waals surface area contributed by atoms with Crippen molar-refractivity contribution in [3.63, 3.8) is 0 Å². The van der Waals surface area contributed by atoms with E-state index in [4.69, 9.17) is 9.47 Å². The average molecular weight is 304 g/mol. The van der Waals surface area contributed by atoms with E-state index in [1.807, 2.05) is 30.3 Å². The summed E-state index contributed by atoms with van der Waals surface area (Å²) >= 11 is 1.60. The standard InChI is InChI=1S/C16H16O4S/c1-19-13-8-7-11(9-12(13)16(17)18)10-21-15-6-4-3-5-14(15)20-2/h3-9H,10H2,1-2H3,(H,17,18). The van der Waals surface area contributed by atoms with Crippen LogP contribution in [0, 0.1) is 0 Å². The predicted octanol–water partition coefficient (Wildman–Crippen LogP) is 3.69. The molecule has 4 nitrogen and oxygen atoms in total. The number of methoxy groups -OCH3 is 2. The highest BCUT2D eigenvalue weighted by atomic mass is 32.2. The van der Waals surface area contributed by atoms with Crippen molar-refractivity contribution in [2.24, 2.45) is 0 Å². The molecule has 0 saturated heterocycles. The number of carboxylic acid groups (broad SMARTS) is 1. The van der Waals surface area contributed by atoms with E-state index in [1.54, 1.807) is 31.0 Å². The molecule has 0 saturated carbocycles. The molecule has 0 aromatic heterocycles. The number of thioether (sulfide) groups is 1. The van der Waals surface area contributed by atoms with Crippen molar-refractivity contribution in [3.8, 4) is 11.5 Å². The number of rotatable bonds is 6. The summed E-state index contributed by atoms with van der Waals surface area (Å²) in [5.74, 6) is 0.851. The number of aromatic carboxylic acids is 1. The molecule has 5 heteroatoms. The molecule has 0 unspecified atom stereocenters. The zero-order valence-electron chi connectivity index (χ0n) is 11.8. The zero-order valence-corrected chi connectivity index (χ0v) is 12.6. The van der Waals surface area contributed by atoms with Gasteiger partial charge in [0, 0.05) is 10.6 Å². The van der Waals surface area contributed by atoms with Gasteiger partial charge in [0.25, 0.3) is 0 Å².